The maximum absolute atomic E-state index is 12.8. The number of carbonyl (C=O) groups excluding carboxylic acids is 2. The Kier molecular flexibility index (Phi) is 8.17. The molecule has 0 saturated carbocycles. The number of nitrogens with one attached hydrogen (secondary N) is 2. The molecule has 0 spiro atoms. The summed E-state index contributed by atoms with van der Waals surface area (Å²) in [5.74, 6) is 0.683. The van der Waals surface area contributed by atoms with E-state index in [1.165, 1.54) is 0 Å². The number of hydrogen-bond donors (Lipinski definition) is 2. The van der Waals surface area contributed by atoms with Gasteiger partial charge in [0.05, 0.1) is 30.3 Å². The number of ether oxygens (including phenoxy) is 3. The van der Waals surface area contributed by atoms with Gasteiger partial charge in [-0.2, -0.15) is 0 Å². The zero-order valence-corrected chi connectivity index (χ0v) is 20.9. The highest BCUT2D eigenvalue weighted by atomic mass is 35.5. The van der Waals surface area contributed by atoms with Crippen molar-refractivity contribution in [3.63, 3.8) is 0 Å². The summed E-state index contributed by atoms with van der Waals surface area (Å²) in [7, 11) is 1.58. The molecule has 0 aliphatic carbocycles. The fourth-order valence-corrected chi connectivity index (χ4v) is 4.17. The zero-order chi connectivity index (χ0) is 25.5. The van der Waals surface area contributed by atoms with Crippen LogP contribution in [0, 0.1) is 5.92 Å². The van der Waals surface area contributed by atoms with Crippen molar-refractivity contribution in [1.29, 1.82) is 0 Å². The lowest BCUT2D eigenvalue weighted by atomic mass is 10.1. The SMILES string of the molecule is CCOc1cc(NNC(=O)[C@@H]2CC(=O)N(c3ccc(OC)cc3)C2)cc(Cl)c1OCc1ccccc1. The molecule has 1 saturated heterocycles. The van der Waals surface area contributed by atoms with Crippen LogP contribution < -0.4 is 30.0 Å². The van der Waals surface area contributed by atoms with Crippen LogP contribution in [0.5, 0.6) is 17.2 Å². The minimum atomic E-state index is -0.498. The summed E-state index contributed by atoms with van der Waals surface area (Å²) in [5, 5.41) is 0.343. The van der Waals surface area contributed by atoms with Gasteiger partial charge in [0.1, 0.15) is 12.4 Å². The second-order valence-electron chi connectivity index (χ2n) is 8.21. The van der Waals surface area contributed by atoms with Gasteiger partial charge in [0, 0.05) is 24.7 Å². The van der Waals surface area contributed by atoms with E-state index in [1.807, 2.05) is 37.3 Å². The molecule has 36 heavy (non-hydrogen) atoms. The molecule has 9 heteroatoms. The van der Waals surface area contributed by atoms with Crippen molar-refractivity contribution in [2.24, 2.45) is 5.92 Å². The summed E-state index contributed by atoms with van der Waals surface area (Å²) >= 11 is 6.49. The molecule has 1 aliphatic heterocycles. The summed E-state index contributed by atoms with van der Waals surface area (Å²) in [6.45, 7) is 2.90. The van der Waals surface area contributed by atoms with Gasteiger partial charge in [0.2, 0.25) is 11.8 Å². The largest absolute Gasteiger partial charge is 0.497 e. The van der Waals surface area contributed by atoms with Crippen LogP contribution in [0.2, 0.25) is 5.02 Å². The second kappa shape index (κ2) is 11.7. The van der Waals surface area contributed by atoms with E-state index < -0.39 is 5.92 Å². The van der Waals surface area contributed by atoms with E-state index in [1.54, 1.807) is 48.4 Å². The van der Waals surface area contributed by atoms with E-state index in [9.17, 15) is 9.59 Å². The van der Waals surface area contributed by atoms with Gasteiger partial charge in [-0.05, 0) is 42.8 Å². The number of hydrogen-bond acceptors (Lipinski definition) is 6. The Balaban J connectivity index is 1.38. The molecule has 4 rings (SSSR count). The van der Waals surface area contributed by atoms with E-state index in [0.717, 1.165) is 11.3 Å². The summed E-state index contributed by atoms with van der Waals surface area (Å²) in [5.41, 5.74) is 7.82. The number of halogens is 1. The van der Waals surface area contributed by atoms with Crippen molar-refractivity contribution in [1.82, 2.24) is 5.43 Å². The Labute approximate surface area is 215 Å². The summed E-state index contributed by atoms with van der Waals surface area (Å²) in [6, 6.07) is 20.3. The van der Waals surface area contributed by atoms with E-state index in [0.29, 0.717) is 41.2 Å². The first kappa shape index (κ1) is 25.2. The number of rotatable bonds is 10. The Morgan fingerprint density at radius 1 is 1.08 bits per heavy atom. The van der Waals surface area contributed by atoms with Gasteiger partial charge >= 0.3 is 0 Å². The first-order chi connectivity index (χ1) is 17.5. The molecule has 0 bridgehead atoms. The lowest BCUT2D eigenvalue weighted by molar-refractivity contribution is -0.125. The van der Waals surface area contributed by atoms with Crippen LogP contribution in [0.1, 0.15) is 18.9 Å². The molecule has 0 unspecified atom stereocenters. The van der Waals surface area contributed by atoms with Gasteiger partial charge in [-0.25, -0.2) is 0 Å². The third kappa shape index (κ3) is 6.01. The maximum atomic E-state index is 12.8. The molecule has 2 N–H and O–H groups in total. The average molecular weight is 510 g/mol. The highest BCUT2D eigenvalue weighted by Crippen LogP contribution is 2.39. The lowest BCUT2D eigenvalue weighted by Crippen LogP contribution is -2.36. The van der Waals surface area contributed by atoms with Crippen molar-refractivity contribution in [3.8, 4) is 17.2 Å². The summed E-state index contributed by atoms with van der Waals surface area (Å²) < 4.78 is 16.8. The first-order valence-corrected chi connectivity index (χ1v) is 12.0. The third-order valence-corrected chi connectivity index (χ3v) is 6.03. The van der Waals surface area contributed by atoms with Crippen LogP contribution in [0.25, 0.3) is 0 Å². The van der Waals surface area contributed by atoms with Crippen molar-refractivity contribution >= 4 is 34.8 Å². The predicted molar refractivity (Wildman–Crippen MR) is 139 cm³/mol. The first-order valence-electron chi connectivity index (χ1n) is 11.6. The topological polar surface area (TPSA) is 89.1 Å². The van der Waals surface area contributed by atoms with Crippen molar-refractivity contribution in [3.05, 3.63) is 77.3 Å². The van der Waals surface area contributed by atoms with E-state index in [4.69, 9.17) is 25.8 Å². The minimum Gasteiger partial charge on any atom is -0.497 e. The van der Waals surface area contributed by atoms with Crippen LogP contribution in [-0.4, -0.2) is 32.1 Å². The number of amides is 2. The average Bonchev–Trinajstić information content (AvgIpc) is 3.29. The highest BCUT2D eigenvalue weighted by Gasteiger charge is 2.35. The Morgan fingerprint density at radius 3 is 2.53 bits per heavy atom. The van der Waals surface area contributed by atoms with Crippen molar-refractivity contribution in [2.75, 3.05) is 30.6 Å². The molecular formula is C27H28ClN3O5. The van der Waals surface area contributed by atoms with Crippen LogP contribution in [0.3, 0.4) is 0 Å². The van der Waals surface area contributed by atoms with Crippen LogP contribution in [0.4, 0.5) is 11.4 Å². The fourth-order valence-electron chi connectivity index (χ4n) is 3.90. The van der Waals surface area contributed by atoms with Crippen molar-refractivity contribution < 1.29 is 23.8 Å². The van der Waals surface area contributed by atoms with Gasteiger partial charge in [-0.1, -0.05) is 41.9 Å². The van der Waals surface area contributed by atoms with Gasteiger partial charge in [0.25, 0.3) is 0 Å². The normalized spacial score (nSPS) is 14.9. The number of nitrogens with zero attached hydrogens (tertiary/aromatic N) is 1. The number of hydrazine groups is 1. The minimum absolute atomic E-state index is 0.109. The molecule has 0 aromatic heterocycles. The standard InChI is InChI=1S/C27H28ClN3O5/c1-3-35-24-15-20(14-23(28)26(24)36-17-18-7-5-4-6-8-18)29-30-27(33)19-13-25(32)31(16-19)21-9-11-22(34-2)12-10-21/h4-12,14-15,19,29H,3,13,16-17H2,1-2H3,(H,30,33)/t19-/m1/s1. The summed E-state index contributed by atoms with van der Waals surface area (Å²) in [6.07, 6.45) is 0.122. The zero-order valence-electron chi connectivity index (χ0n) is 20.1. The lowest BCUT2D eigenvalue weighted by Gasteiger charge is -2.18. The highest BCUT2D eigenvalue weighted by molar-refractivity contribution is 6.32. The van der Waals surface area contributed by atoms with Crippen LogP contribution >= 0.6 is 11.6 Å². The molecular weight excluding hydrogens is 482 g/mol. The molecule has 2 amide bonds. The Morgan fingerprint density at radius 2 is 1.83 bits per heavy atom. The molecule has 1 heterocycles. The molecule has 1 aliphatic rings. The van der Waals surface area contributed by atoms with E-state index in [2.05, 4.69) is 10.9 Å². The molecule has 8 nitrogen and oxygen atoms in total. The smallest absolute Gasteiger partial charge is 0.243 e. The number of benzene rings is 3. The maximum Gasteiger partial charge on any atom is 0.243 e. The van der Waals surface area contributed by atoms with Gasteiger partial charge in [-0.15, -0.1) is 0 Å². The number of carbonyl (C=O) groups is 2. The quantitative estimate of drug-likeness (QED) is 0.381. The number of methoxy groups -OCH3 is 1. The number of anilines is 2. The Hall–Kier alpha value is -3.91. The summed E-state index contributed by atoms with van der Waals surface area (Å²) in [4.78, 5) is 26.9. The van der Waals surface area contributed by atoms with Crippen LogP contribution in [-0.2, 0) is 16.2 Å². The molecule has 3 aromatic rings. The molecule has 1 fully saturated rings. The van der Waals surface area contributed by atoms with E-state index >= 15 is 0 Å². The molecule has 3 aromatic carbocycles. The molecule has 188 valence electrons. The molecule has 1 atom stereocenters. The van der Waals surface area contributed by atoms with Gasteiger partial charge in [-0.3, -0.25) is 20.4 Å². The van der Waals surface area contributed by atoms with Gasteiger partial charge < -0.3 is 19.1 Å². The van der Waals surface area contributed by atoms with Gasteiger partial charge in [0.15, 0.2) is 11.5 Å². The van der Waals surface area contributed by atoms with E-state index in [-0.39, 0.29) is 24.8 Å². The molecule has 0 radical (unpaired) electrons. The second-order valence-corrected chi connectivity index (χ2v) is 8.62. The monoisotopic (exact) mass is 509 g/mol. The van der Waals surface area contributed by atoms with Crippen molar-refractivity contribution in [2.45, 2.75) is 20.0 Å². The Bertz CT molecular complexity index is 1200. The third-order valence-electron chi connectivity index (χ3n) is 5.75. The fraction of sp³-hybridized carbons (Fsp3) is 0.259. The predicted octanol–water partition coefficient (Wildman–Crippen LogP) is 4.82. The van der Waals surface area contributed by atoms with Crippen LogP contribution in [0.15, 0.2) is 66.7 Å².